The predicted molar refractivity (Wildman–Crippen MR) is 111 cm³/mol. The monoisotopic (exact) mass is 407 g/mol. The zero-order chi connectivity index (χ0) is 20.8. The van der Waals surface area contributed by atoms with Gasteiger partial charge in [0.25, 0.3) is 0 Å². The molecule has 1 aliphatic rings. The molecule has 1 saturated heterocycles. The van der Waals surface area contributed by atoms with Crippen LogP contribution in [0.4, 0.5) is 0 Å². The summed E-state index contributed by atoms with van der Waals surface area (Å²) >= 11 is 0. The molecular formula is C22H27N6O2+. The number of hydrogen-bond donors (Lipinski definition) is 1. The molecule has 0 saturated carbocycles. The van der Waals surface area contributed by atoms with Gasteiger partial charge in [-0.1, -0.05) is 42.5 Å². The van der Waals surface area contributed by atoms with E-state index in [1.54, 1.807) is 0 Å². The minimum absolute atomic E-state index is 0.0258. The lowest BCUT2D eigenvalue weighted by atomic mass is 10.1. The summed E-state index contributed by atoms with van der Waals surface area (Å²) in [6.45, 7) is 6.87. The molecule has 1 aliphatic heterocycles. The van der Waals surface area contributed by atoms with Gasteiger partial charge in [0, 0.05) is 5.56 Å². The molecule has 156 valence electrons. The Kier molecular flexibility index (Phi) is 6.34. The Morgan fingerprint density at radius 3 is 2.57 bits per heavy atom. The Labute approximate surface area is 176 Å². The van der Waals surface area contributed by atoms with Crippen LogP contribution in [0.25, 0.3) is 0 Å². The third-order valence-corrected chi connectivity index (χ3v) is 5.41. The molecule has 1 N–H and O–H groups in total. The molecule has 1 fully saturated rings. The lowest BCUT2D eigenvalue weighted by Crippen LogP contribution is -3.13. The number of amides is 1. The van der Waals surface area contributed by atoms with Crippen molar-refractivity contribution >= 4 is 5.91 Å². The highest BCUT2D eigenvalue weighted by atomic mass is 16.5. The van der Waals surface area contributed by atoms with Gasteiger partial charge in [-0.25, -0.2) is 0 Å². The standard InChI is InChI=1S/C22H26N6O2/c1-18-7-5-6-8-19(18)15-26-11-13-27(14-12-26)22(29)16-28-24-21(23-25-28)17-30-20-9-3-2-4-10-20/h2-10H,11-17H2,1H3/p+1. The fraction of sp³-hybridized carbons (Fsp3) is 0.364. The Hall–Kier alpha value is -3.26. The number of para-hydroxylation sites is 1. The average Bonchev–Trinajstić information content (AvgIpc) is 3.22. The van der Waals surface area contributed by atoms with Gasteiger partial charge in [0.2, 0.25) is 11.7 Å². The first-order valence-electron chi connectivity index (χ1n) is 10.3. The van der Waals surface area contributed by atoms with Gasteiger partial charge in [0.05, 0.1) is 26.2 Å². The SMILES string of the molecule is Cc1ccccc1C[NH+]1CCN(C(=O)Cn2nnc(COc3ccccc3)n2)CC1. The number of aromatic nitrogens is 4. The van der Waals surface area contributed by atoms with Crippen molar-refractivity contribution in [2.45, 2.75) is 26.6 Å². The summed E-state index contributed by atoms with van der Waals surface area (Å²) in [6.07, 6.45) is 0. The Morgan fingerprint density at radius 2 is 1.80 bits per heavy atom. The summed E-state index contributed by atoms with van der Waals surface area (Å²) in [7, 11) is 0. The minimum Gasteiger partial charge on any atom is -0.485 e. The summed E-state index contributed by atoms with van der Waals surface area (Å²) in [6, 6.07) is 18.0. The molecule has 1 aromatic heterocycles. The topological polar surface area (TPSA) is 77.6 Å². The zero-order valence-corrected chi connectivity index (χ0v) is 17.2. The molecule has 0 spiro atoms. The number of nitrogens with one attached hydrogen (secondary N) is 1. The van der Waals surface area contributed by atoms with Crippen LogP contribution in [-0.4, -0.2) is 57.2 Å². The van der Waals surface area contributed by atoms with Crippen molar-refractivity contribution in [1.29, 1.82) is 0 Å². The van der Waals surface area contributed by atoms with E-state index in [0.29, 0.717) is 5.82 Å². The molecule has 2 aromatic carbocycles. The van der Waals surface area contributed by atoms with Crippen LogP contribution in [0.1, 0.15) is 17.0 Å². The lowest BCUT2D eigenvalue weighted by Gasteiger charge is -2.32. The van der Waals surface area contributed by atoms with Crippen LogP contribution < -0.4 is 9.64 Å². The molecule has 0 aliphatic carbocycles. The summed E-state index contributed by atoms with van der Waals surface area (Å²) in [5, 5.41) is 12.2. The number of nitrogens with zero attached hydrogens (tertiary/aromatic N) is 5. The van der Waals surface area contributed by atoms with Gasteiger partial charge < -0.3 is 14.5 Å². The molecule has 1 amide bonds. The van der Waals surface area contributed by atoms with Crippen LogP contribution in [-0.2, 0) is 24.5 Å². The van der Waals surface area contributed by atoms with Crippen LogP contribution in [0.5, 0.6) is 5.75 Å². The van der Waals surface area contributed by atoms with Crippen molar-refractivity contribution in [2.24, 2.45) is 0 Å². The number of hydrogen-bond acceptors (Lipinski definition) is 5. The van der Waals surface area contributed by atoms with Crippen molar-refractivity contribution in [3.63, 3.8) is 0 Å². The van der Waals surface area contributed by atoms with Crippen molar-refractivity contribution in [1.82, 2.24) is 25.1 Å². The largest absolute Gasteiger partial charge is 0.485 e. The van der Waals surface area contributed by atoms with E-state index >= 15 is 0 Å². The second kappa shape index (κ2) is 9.49. The number of ether oxygens (including phenoxy) is 1. The number of quaternary nitrogens is 1. The van der Waals surface area contributed by atoms with E-state index in [9.17, 15) is 4.79 Å². The fourth-order valence-corrected chi connectivity index (χ4v) is 3.61. The van der Waals surface area contributed by atoms with E-state index in [0.717, 1.165) is 38.5 Å². The third kappa shape index (κ3) is 5.21. The molecule has 0 radical (unpaired) electrons. The Bertz CT molecular complexity index is 967. The summed E-state index contributed by atoms with van der Waals surface area (Å²) in [5.41, 5.74) is 2.71. The van der Waals surface area contributed by atoms with Gasteiger partial charge in [0.15, 0.2) is 6.61 Å². The predicted octanol–water partition coefficient (Wildman–Crippen LogP) is 0.488. The van der Waals surface area contributed by atoms with Crippen molar-refractivity contribution in [2.75, 3.05) is 26.2 Å². The lowest BCUT2D eigenvalue weighted by molar-refractivity contribution is -0.917. The highest BCUT2D eigenvalue weighted by Crippen LogP contribution is 2.09. The maximum absolute atomic E-state index is 12.6. The van der Waals surface area contributed by atoms with Crippen LogP contribution >= 0.6 is 0 Å². The number of benzene rings is 2. The van der Waals surface area contributed by atoms with Crippen molar-refractivity contribution in [3.8, 4) is 5.75 Å². The van der Waals surface area contributed by atoms with Crippen LogP contribution in [0, 0.1) is 6.92 Å². The van der Waals surface area contributed by atoms with E-state index in [-0.39, 0.29) is 19.1 Å². The van der Waals surface area contributed by atoms with E-state index in [1.165, 1.54) is 20.8 Å². The first-order valence-corrected chi connectivity index (χ1v) is 10.3. The van der Waals surface area contributed by atoms with Gasteiger partial charge in [-0.05, 0) is 29.8 Å². The highest BCUT2D eigenvalue weighted by molar-refractivity contribution is 5.75. The zero-order valence-electron chi connectivity index (χ0n) is 17.2. The quantitative estimate of drug-likeness (QED) is 0.617. The van der Waals surface area contributed by atoms with Gasteiger partial charge in [-0.3, -0.25) is 4.79 Å². The number of rotatable bonds is 7. The molecular weight excluding hydrogens is 380 g/mol. The van der Waals surface area contributed by atoms with Gasteiger partial charge in [-0.15, -0.1) is 10.2 Å². The minimum atomic E-state index is 0.0258. The first kappa shape index (κ1) is 20.0. The van der Waals surface area contributed by atoms with Crippen LogP contribution in [0.2, 0.25) is 0 Å². The summed E-state index contributed by atoms with van der Waals surface area (Å²) in [4.78, 5) is 17.4. The first-order chi connectivity index (χ1) is 14.7. The third-order valence-electron chi connectivity index (χ3n) is 5.41. The molecule has 0 atom stereocenters. The molecule has 30 heavy (non-hydrogen) atoms. The number of carbonyl (C=O) groups is 1. The van der Waals surface area contributed by atoms with E-state index in [2.05, 4.69) is 46.6 Å². The van der Waals surface area contributed by atoms with Gasteiger partial charge in [-0.2, -0.15) is 4.80 Å². The molecule has 2 heterocycles. The van der Waals surface area contributed by atoms with E-state index in [1.807, 2.05) is 35.2 Å². The Morgan fingerprint density at radius 1 is 1.07 bits per heavy atom. The second-order valence-electron chi connectivity index (χ2n) is 7.57. The number of aryl methyl sites for hydroxylation is 1. The number of tetrazole rings is 1. The highest BCUT2D eigenvalue weighted by Gasteiger charge is 2.24. The van der Waals surface area contributed by atoms with Crippen molar-refractivity contribution < 1.29 is 14.4 Å². The average molecular weight is 407 g/mol. The van der Waals surface area contributed by atoms with E-state index in [4.69, 9.17) is 4.74 Å². The van der Waals surface area contributed by atoms with Crippen LogP contribution in [0.3, 0.4) is 0 Å². The van der Waals surface area contributed by atoms with Crippen LogP contribution in [0.15, 0.2) is 54.6 Å². The smallest absolute Gasteiger partial charge is 0.246 e. The summed E-state index contributed by atoms with van der Waals surface area (Å²) < 4.78 is 5.62. The maximum atomic E-state index is 12.6. The van der Waals surface area contributed by atoms with Crippen molar-refractivity contribution in [3.05, 3.63) is 71.5 Å². The second-order valence-corrected chi connectivity index (χ2v) is 7.57. The molecule has 4 rings (SSSR count). The fourth-order valence-electron chi connectivity index (χ4n) is 3.61. The number of piperazine rings is 1. The van der Waals surface area contributed by atoms with E-state index < -0.39 is 0 Å². The molecule has 0 bridgehead atoms. The normalized spacial score (nSPS) is 14.6. The number of carbonyl (C=O) groups excluding carboxylic acids is 1. The molecule has 8 heteroatoms. The van der Waals surface area contributed by atoms with Gasteiger partial charge in [0.1, 0.15) is 18.8 Å². The Balaban J connectivity index is 1.23. The van der Waals surface area contributed by atoms with Gasteiger partial charge >= 0.3 is 0 Å². The molecule has 8 nitrogen and oxygen atoms in total. The maximum Gasteiger partial charge on any atom is 0.246 e. The molecule has 0 unspecified atom stereocenters. The molecule has 3 aromatic rings. The summed E-state index contributed by atoms with van der Waals surface area (Å²) in [5.74, 6) is 1.23.